The highest BCUT2D eigenvalue weighted by Crippen LogP contribution is 2.04. The molecule has 1 aliphatic rings. The molecule has 1 fully saturated rings. The fourth-order valence-corrected chi connectivity index (χ4v) is 1.87. The van der Waals surface area contributed by atoms with Crippen LogP contribution in [-0.4, -0.2) is 25.2 Å². The minimum absolute atomic E-state index is 0.591. The molecule has 0 spiro atoms. The summed E-state index contributed by atoms with van der Waals surface area (Å²) in [5.74, 6) is 0. The molecule has 2 atom stereocenters. The van der Waals surface area contributed by atoms with Crippen LogP contribution in [0.5, 0.6) is 0 Å². The van der Waals surface area contributed by atoms with E-state index in [0.717, 1.165) is 19.5 Å². The summed E-state index contributed by atoms with van der Waals surface area (Å²) in [5, 5.41) is 7.04. The van der Waals surface area contributed by atoms with Crippen LogP contribution in [0.4, 0.5) is 0 Å². The molecule has 1 aliphatic heterocycles. The van der Waals surface area contributed by atoms with Crippen LogP contribution in [0.25, 0.3) is 0 Å². The lowest BCUT2D eigenvalue weighted by molar-refractivity contribution is 0.358. The Kier molecular flexibility index (Phi) is 3.17. The number of hydrogen-bond donors (Lipinski definition) is 2. The van der Waals surface area contributed by atoms with Gasteiger partial charge in [0.05, 0.1) is 0 Å². The minimum Gasteiger partial charge on any atom is -0.311 e. The van der Waals surface area contributed by atoms with Crippen molar-refractivity contribution < 1.29 is 0 Å². The fourth-order valence-electron chi connectivity index (χ4n) is 1.87. The summed E-state index contributed by atoms with van der Waals surface area (Å²) in [6.07, 6.45) is 1.13. The zero-order valence-corrected chi connectivity index (χ0v) is 8.66. The molecule has 0 radical (unpaired) electrons. The van der Waals surface area contributed by atoms with Crippen LogP contribution in [-0.2, 0) is 6.42 Å². The number of hydrogen-bond acceptors (Lipinski definition) is 2. The molecule has 0 bridgehead atoms. The van der Waals surface area contributed by atoms with Gasteiger partial charge in [0, 0.05) is 25.2 Å². The highest BCUT2D eigenvalue weighted by molar-refractivity contribution is 5.16. The second kappa shape index (κ2) is 4.58. The predicted octanol–water partition coefficient (Wildman–Crippen LogP) is 1.18. The Hall–Kier alpha value is -0.860. The predicted molar refractivity (Wildman–Crippen MR) is 59.4 cm³/mol. The van der Waals surface area contributed by atoms with Crippen molar-refractivity contribution in [2.45, 2.75) is 25.4 Å². The van der Waals surface area contributed by atoms with Gasteiger partial charge in [0.2, 0.25) is 0 Å². The van der Waals surface area contributed by atoms with Crippen LogP contribution in [0.15, 0.2) is 30.3 Å². The van der Waals surface area contributed by atoms with Crippen molar-refractivity contribution in [1.82, 2.24) is 10.6 Å². The first-order chi connectivity index (χ1) is 6.84. The Morgan fingerprint density at radius 2 is 1.93 bits per heavy atom. The van der Waals surface area contributed by atoms with Crippen molar-refractivity contribution in [3.8, 4) is 0 Å². The van der Waals surface area contributed by atoms with E-state index in [9.17, 15) is 0 Å². The smallest absolute Gasteiger partial charge is 0.0233 e. The summed E-state index contributed by atoms with van der Waals surface area (Å²) in [6.45, 7) is 4.37. The van der Waals surface area contributed by atoms with Gasteiger partial charge in [0.25, 0.3) is 0 Å². The van der Waals surface area contributed by atoms with E-state index in [1.165, 1.54) is 5.56 Å². The van der Waals surface area contributed by atoms with E-state index < -0.39 is 0 Å². The second-order valence-electron chi connectivity index (χ2n) is 4.10. The molecule has 1 aromatic carbocycles. The summed E-state index contributed by atoms with van der Waals surface area (Å²) in [4.78, 5) is 0. The Labute approximate surface area is 85.7 Å². The van der Waals surface area contributed by atoms with Crippen LogP contribution in [0.1, 0.15) is 12.5 Å². The molecule has 2 N–H and O–H groups in total. The van der Waals surface area contributed by atoms with Crippen molar-refractivity contribution in [3.05, 3.63) is 35.9 Å². The number of piperazine rings is 1. The fraction of sp³-hybridized carbons (Fsp3) is 0.500. The van der Waals surface area contributed by atoms with Crippen LogP contribution >= 0.6 is 0 Å². The summed E-state index contributed by atoms with van der Waals surface area (Å²) < 4.78 is 0. The molecule has 2 nitrogen and oxygen atoms in total. The van der Waals surface area contributed by atoms with Gasteiger partial charge in [0.15, 0.2) is 0 Å². The third-order valence-corrected chi connectivity index (χ3v) is 2.75. The second-order valence-corrected chi connectivity index (χ2v) is 4.10. The van der Waals surface area contributed by atoms with Crippen molar-refractivity contribution in [3.63, 3.8) is 0 Å². The van der Waals surface area contributed by atoms with Crippen LogP contribution in [0.2, 0.25) is 0 Å². The number of nitrogens with one attached hydrogen (secondary N) is 2. The minimum atomic E-state index is 0.591. The lowest BCUT2D eigenvalue weighted by Crippen LogP contribution is -2.53. The molecule has 0 unspecified atom stereocenters. The summed E-state index contributed by atoms with van der Waals surface area (Å²) in [6, 6.07) is 11.9. The van der Waals surface area contributed by atoms with Gasteiger partial charge < -0.3 is 10.6 Å². The van der Waals surface area contributed by atoms with E-state index in [-0.39, 0.29) is 0 Å². The summed E-state index contributed by atoms with van der Waals surface area (Å²) >= 11 is 0. The van der Waals surface area contributed by atoms with Crippen molar-refractivity contribution in [2.75, 3.05) is 13.1 Å². The number of benzene rings is 1. The zero-order chi connectivity index (χ0) is 9.80. The SMILES string of the molecule is C[C@H]1CN[C@@H](Cc2ccccc2)CN1. The van der Waals surface area contributed by atoms with Gasteiger partial charge in [-0.05, 0) is 18.9 Å². The third kappa shape index (κ3) is 2.56. The molecule has 0 amide bonds. The van der Waals surface area contributed by atoms with E-state index in [4.69, 9.17) is 0 Å². The largest absolute Gasteiger partial charge is 0.311 e. The highest BCUT2D eigenvalue weighted by Gasteiger charge is 2.16. The van der Waals surface area contributed by atoms with Gasteiger partial charge >= 0.3 is 0 Å². The average molecular weight is 190 g/mol. The molecule has 0 aromatic heterocycles. The van der Waals surface area contributed by atoms with E-state index in [1.807, 2.05) is 0 Å². The molecule has 76 valence electrons. The van der Waals surface area contributed by atoms with Gasteiger partial charge in [0.1, 0.15) is 0 Å². The lowest BCUT2D eigenvalue weighted by atomic mass is 10.0. The Morgan fingerprint density at radius 3 is 2.57 bits per heavy atom. The maximum absolute atomic E-state index is 3.55. The lowest BCUT2D eigenvalue weighted by Gasteiger charge is -2.29. The van der Waals surface area contributed by atoms with E-state index in [2.05, 4.69) is 47.9 Å². The Morgan fingerprint density at radius 1 is 1.14 bits per heavy atom. The molecule has 1 saturated heterocycles. The third-order valence-electron chi connectivity index (χ3n) is 2.75. The van der Waals surface area contributed by atoms with Crippen LogP contribution in [0.3, 0.4) is 0 Å². The Balaban J connectivity index is 1.87. The van der Waals surface area contributed by atoms with E-state index in [1.54, 1.807) is 0 Å². The quantitative estimate of drug-likeness (QED) is 0.731. The molecule has 14 heavy (non-hydrogen) atoms. The average Bonchev–Trinajstić information content (AvgIpc) is 2.23. The standard InChI is InChI=1S/C12H18N2/c1-10-8-14-12(9-13-10)7-11-5-3-2-4-6-11/h2-6,10,12-14H,7-9H2,1H3/t10-,12-/m0/s1. The monoisotopic (exact) mass is 190 g/mol. The first-order valence-corrected chi connectivity index (χ1v) is 5.35. The van der Waals surface area contributed by atoms with Gasteiger partial charge in [-0.15, -0.1) is 0 Å². The highest BCUT2D eigenvalue weighted by atomic mass is 15.1. The normalized spacial score (nSPS) is 27.5. The topological polar surface area (TPSA) is 24.1 Å². The van der Waals surface area contributed by atoms with Crippen molar-refractivity contribution in [2.24, 2.45) is 0 Å². The van der Waals surface area contributed by atoms with E-state index >= 15 is 0 Å². The van der Waals surface area contributed by atoms with Crippen LogP contribution < -0.4 is 10.6 Å². The molecular formula is C12H18N2. The maximum atomic E-state index is 3.55. The van der Waals surface area contributed by atoms with E-state index in [0.29, 0.717) is 12.1 Å². The Bertz CT molecular complexity index is 263. The molecule has 1 aromatic rings. The molecule has 2 heteroatoms. The zero-order valence-electron chi connectivity index (χ0n) is 8.66. The molecule has 0 aliphatic carbocycles. The van der Waals surface area contributed by atoms with Crippen molar-refractivity contribution >= 4 is 0 Å². The maximum Gasteiger partial charge on any atom is 0.0233 e. The van der Waals surface area contributed by atoms with Crippen molar-refractivity contribution in [1.29, 1.82) is 0 Å². The van der Waals surface area contributed by atoms with Crippen LogP contribution in [0, 0.1) is 0 Å². The van der Waals surface area contributed by atoms with Gasteiger partial charge in [-0.2, -0.15) is 0 Å². The number of rotatable bonds is 2. The summed E-state index contributed by atoms with van der Waals surface area (Å²) in [7, 11) is 0. The first-order valence-electron chi connectivity index (χ1n) is 5.35. The molecular weight excluding hydrogens is 172 g/mol. The molecule has 0 saturated carbocycles. The van der Waals surface area contributed by atoms with Gasteiger partial charge in [-0.1, -0.05) is 30.3 Å². The molecule has 2 rings (SSSR count). The summed E-state index contributed by atoms with van der Waals surface area (Å²) in [5.41, 5.74) is 1.42. The van der Waals surface area contributed by atoms with Gasteiger partial charge in [-0.25, -0.2) is 0 Å². The van der Waals surface area contributed by atoms with Gasteiger partial charge in [-0.3, -0.25) is 0 Å². The molecule has 1 heterocycles. The first kappa shape index (κ1) is 9.69.